The zero-order valence-corrected chi connectivity index (χ0v) is 23.7. The molecule has 0 spiro atoms. The van der Waals surface area contributed by atoms with Gasteiger partial charge in [0.2, 0.25) is 0 Å². The molecular formula is C31H60O4. The van der Waals surface area contributed by atoms with Gasteiger partial charge in [-0.15, -0.1) is 0 Å². The summed E-state index contributed by atoms with van der Waals surface area (Å²) in [6.07, 6.45) is 19.2. The molecule has 0 aliphatic heterocycles. The molecule has 4 N–H and O–H groups in total. The quantitative estimate of drug-likeness (QED) is 0.176. The first-order chi connectivity index (χ1) is 16.6. The number of hydrogen-bond acceptors (Lipinski definition) is 4. The predicted octanol–water partition coefficient (Wildman–Crippen LogP) is 6.87. The van der Waals surface area contributed by atoms with Gasteiger partial charge in [0.05, 0.1) is 12.2 Å². The molecule has 0 aromatic carbocycles. The average Bonchev–Trinajstić information content (AvgIpc) is 2.83. The van der Waals surface area contributed by atoms with E-state index in [1.165, 1.54) is 25.7 Å². The Morgan fingerprint density at radius 2 is 0.829 bits per heavy atom. The van der Waals surface area contributed by atoms with Crippen molar-refractivity contribution in [3.63, 3.8) is 0 Å². The van der Waals surface area contributed by atoms with Crippen LogP contribution in [0.3, 0.4) is 0 Å². The summed E-state index contributed by atoms with van der Waals surface area (Å²) in [6, 6.07) is 0. The Morgan fingerprint density at radius 1 is 0.514 bits per heavy atom. The highest BCUT2D eigenvalue weighted by Gasteiger charge is 2.33. The summed E-state index contributed by atoms with van der Waals surface area (Å²) < 4.78 is 0. The first kappa shape index (κ1) is 31.1. The predicted molar refractivity (Wildman–Crippen MR) is 146 cm³/mol. The van der Waals surface area contributed by atoms with Crippen molar-refractivity contribution in [2.45, 2.75) is 149 Å². The smallest absolute Gasteiger partial charge is 0.0596 e. The third-order valence-electron chi connectivity index (χ3n) is 9.59. The van der Waals surface area contributed by atoms with Crippen LogP contribution in [0.5, 0.6) is 0 Å². The molecule has 6 unspecified atom stereocenters. The summed E-state index contributed by atoms with van der Waals surface area (Å²) in [5.74, 6) is 1.78. The minimum absolute atomic E-state index is 0.0211. The van der Waals surface area contributed by atoms with Crippen molar-refractivity contribution >= 4 is 0 Å². The van der Waals surface area contributed by atoms with Crippen LogP contribution in [0.25, 0.3) is 0 Å². The van der Waals surface area contributed by atoms with E-state index in [2.05, 4.69) is 27.7 Å². The number of aliphatic hydroxyl groups excluding tert-OH is 4. The van der Waals surface area contributed by atoms with Crippen molar-refractivity contribution in [1.82, 2.24) is 0 Å². The Kier molecular flexibility index (Phi) is 13.6. The molecule has 6 atom stereocenters. The lowest BCUT2D eigenvalue weighted by Gasteiger charge is -2.37. The Morgan fingerprint density at radius 3 is 1.14 bits per heavy atom. The molecule has 2 fully saturated rings. The number of unbranched alkanes of at least 4 members (excludes halogenated alkanes) is 2. The number of rotatable bonds is 16. The Hall–Kier alpha value is -0.160. The first-order valence-electron chi connectivity index (χ1n) is 15.2. The second kappa shape index (κ2) is 15.3. The summed E-state index contributed by atoms with van der Waals surface area (Å²) in [6.45, 7) is 9.02. The van der Waals surface area contributed by atoms with Crippen molar-refractivity contribution in [3.05, 3.63) is 0 Å². The van der Waals surface area contributed by atoms with Crippen LogP contribution in [-0.2, 0) is 0 Å². The highest BCUT2D eigenvalue weighted by molar-refractivity contribution is 4.85. The maximum absolute atomic E-state index is 11.1. The SMILES string of the molecule is CC(C)(CO)CCCCC1CCCC(CCCC2CCCC(CCCCC(C)(C)CO)C2O)C1O. The second-order valence-corrected chi connectivity index (χ2v) is 14.0. The normalized spacial score (nSPS) is 30.5. The van der Waals surface area contributed by atoms with Crippen LogP contribution in [0.1, 0.15) is 137 Å². The molecule has 0 saturated heterocycles. The van der Waals surface area contributed by atoms with Gasteiger partial charge in [0.1, 0.15) is 0 Å². The average molecular weight is 497 g/mol. The minimum Gasteiger partial charge on any atom is -0.396 e. The summed E-state index contributed by atoms with van der Waals surface area (Å²) in [7, 11) is 0. The van der Waals surface area contributed by atoms with Gasteiger partial charge in [-0.25, -0.2) is 0 Å². The molecule has 2 saturated carbocycles. The lowest BCUT2D eigenvalue weighted by Crippen LogP contribution is -2.35. The molecule has 35 heavy (non-hydrogen) atoms. The molecule has 2 aliphatic rings. The van der Waals surface area contributed by atoms with Crippen molar-refractivity contribution in [2.75, 3.05) is 13.2 Å². The monoisotopic (exact) mass is 496 g/mol. The van der Waals surface area contributed by atoms with Gasteiger partial charge in [0.15, 0.2) is 0 Å². The van der Waals surface area contributed by atoms with Crippen molar-refractivity contribution < 1.29 is 20.4 Å². The number of hydrogen-bond donors (Lipinski definition) is 4. The van der Waals surface area contributed by atoms with Gasteiger partial charge in [-0.1, -0.05) is 72.6 Å². The van der Waals surface area contributed by atoms with Gasteiger partial charge in [0, 0.05) is 13.2 Å². The fraction of sp³-hybridized carbons (Fsp3) is 1.00. The van der Waals surface area contributed by atoms with Gasteiger partial charge in [-0.2, -0.15) is 0 Å². The third kappa shape index (κ3) is 11.0. The van der Waals surface area contributed by atoms with Crippen LogP contribution in [0.15, 0.2) is 0 Å². The van der Waals surface area contributed by atoms with Gasteiger partial charge in [-0.05, 0) is 98.7 Å². The molecule has 0 heterocycles. The van der Waals surface area contributed by atoms with Crippen LogP contribution in [0, 0.1) is 34.5 Å². The highest BCUT2D eigenvalue weighted by atomic mass is 16.3. The van der Waals surface area contributed by atoms with E-state index in [4.69, 9.17) is 0 Å². The van der Waals surface area contributed by atoms with Crippen LogP contribution >= 0.6 is 0 Å². The molecule has 0 bridgehead atoms. The van der Waals surface area contributed by atoms with Crippen molar-refractivity contribution in [1.29, 1.82) is 0 Å². The van der Waals surface area contributed by atoms with E-state index < -0.39 is 0 Å². The molecule has 2 rings (SSSR count). The van der Waals surface area contributed by atoms with Crippen molar-refractivity contribution in [2.24, 2.45) is 34.5 Å². The Bertz CT molecular complexity index is 512. The highest BCUT2D eigenvalue weighted by Crippen LogP contribution is 2.39. The lowest BCUT2D eigenvalue weighted by molar-refractivity contribution is -0.00325. The molecule has 0 aromatic rings. The van der Waals surface area contributed by atoms with Crippen LogP contribution < -0.4 is 0 Å². The maximum Gasteiger partial charge on any atom is 0.0596 e. The molecule has 0 aromatic heterocycles. The summed E-state index contributed by atoms with van der Waals surface area (Å²) >= 11 is 0. The fourth-order valence-electron chi connectivity index (χ4n) is 6.82. The van der Waals surface area contributed by atoms with Gasteiger partial charge < -0.3 is 20.4 Å². The molecule has 208 valence electrons. The maximum atomic E-state index is 11.1. The van der Waals surface area contributed by atoms with Crippen LogP contribution in [0.4, 0.5) is 0 Å². The topological polar surface area (TPSA) is 80.9 Å². The van der Waals surface area contributed by atoms with E-state index in [1.54, 1.807) is 0 Å². The van der Waals surface area contributed by atoms with Crippen molar-refractivity contribution in [3.8, 4) is 0 Å². The third-order valence-corrected chi connectivity index (χ3v) is 9.59. The Balaban J connectivity index is 1.67. The molecule has 0 radical (unpaired) electrons. The van der Waals surface area contributed by atoms with E-state index in [0.717, 1.165) is 83.5 Å². The van der Waals surface area contributed by atoms with Gasteiger partial charge in [0.25, 0.3) is 0 Å². The molecule has 4 nitrogen and oxygen atoms in total. The fourth-order valence-corrected chi connectivity index (χ4v) is 6.82. The first-order valence-corrected chi connectivity index (χ1v) is 15.2. The number of aliphatic hydroxyl groups is 4. The minimum atomic E-state index is -0.151. The lowest BCUT2D eigenvalue weighted by atomic mass is 9.72. The summed E-state index contributed by atoms with van der Waals surface area (Å²) in [4.78, 5) is 0. The van der Waals surface area contributed by atoms with Crippen LogP contribution in [0.2, 0.25) is 0 Å². The molecule has 4 heteroatoms. The van der Waals surface area contributed by atoms with E-state index in [9.17, 15) is 20.4 Å². The second-order valence-electron chi connectivity index (χ2n) is 14.0. The summed E-state index contributed by atoms with van der Waals surface area (Å²) in [5.41, 5.74) is 0.0421. The van der Waals surface area contributed by atoms with E-state index in [0.29, 0.717) is 23.7 Å². The zero-order chi connectivity index (χ0) is 25.9. The van der Waals surface area contributed by atoms with E-state index in [1.807, 2.05) is 0 Å². The molecule has 0 amide bonds. The zero-order valence-electron chi connectivity index (χ0n) is 23.7. The van der Waals surface area contributed by atoms with Gasteiger partial charge >= 0.3 is 0 Å². The summed E-state index contributed by atoms with van der Waals surface area (Å²) in [5, 5.41) is 41.0. The Labute approximate surface area is 217 Å². The standard InChI is InChI=1S/C31H60O4/c1-30(2,22-32)20-7-5-12-24-14-9-16-26(28(24)34)18-11-19-27-17-10-15-25(29(27)35)13-6-8-21-31(3,4)23-33/h24-29,32-35H,5-23H2,1-4H3. The van der Waals surface area contributed by atoms with Gasteiger partial charge in [-0.3, -0.25) is 0 Å². The molecule has 2 aliphatic carbocycles. The van der Waals surface area contributed by atoms with E-state index >= 15 is 0 Å². The largest absolute Gasteiger partial charge is 0.396 e. The van der Waals surface area contributed by atoms with Crippen LogP contribution in [-0.4, -0.2) is 45.8 Å². The molecular weight excluding hydrogens is 436 g/mol. The van der Waals surface area contributed by atoms with E-state index in [-0.39, 0.29) is 36.3 Å².